The molecule has 9 heteroatoms. The Morgan fingerprint density at radius 3 is 2.79 bits per heavy atom. The van der Waals surface area contributed by atoms with Crippen molar-refractivity contribution in [3.63, 3.8) is 0 Å². The van der Waals surface area contributed by atoms with Crippen LogP contribution in [-0.4, -0.2) is 56.9 Å². The molecular formula is C19H23N7O2. The van der Waals surface area contributed by atoms with E-state index >= 15 is 0 Å². The third-order valence-electron chi connectivity index (χ3n) is 4.65. The molecule has 0 saturated heterocycles. The second-order valence-corrected chi connectivity index (χ2v) is 6.46. The van der Waals surface area contributed by atoms with Gasteiger partial charge in [-0.25, -0.2) is 9.48 Å². The van der Waals surface area contributed by atoms with E-state index in [1.165, 1.54) is 6.33 Å². The molecule has 28 heavy (non-hydrogen) atoms. The zero-order chi connectivity index (χ0) is 20.1. The standard InChI is InChI=1S/C19H23N7O2/c1-13-9-15(26-12-21-23-24-26)10-17(14(13)2)22-19(27)25(3)18(11-28-4)16-7-5-6-8-20-16/h5-10,12,18H,11H2,1-4H3,(H,22,27). The molecule has 0 aliphatic carbocycles. The summed E-state index contributed by atoms with van der Waals surface area (Å²) in [7, 11) is 3.33. The summed E-state index contributed by atoms with van der Waals surface area (Å²) in [6.07, 6.45) is 3.21. The number of hydrogen-bond donors (Lipinski definition) is 1. The van der Waals surface area contributed by atoms with Crippen LogP contribution in [0.4, 0.5) is 10.5 Å². The number of rotatable bonds is 6. The molecule has 3 rings (SSSR count). The topological polar surface area (TPSA) is 98.1 Å². The van der Waals surface area contributed by atoms with Gasteiger partial charge in [0.1, 0.15) is 6.33 Å². The van der Waals surface area contributed by atoms with Gasteiger partial charge in [-0.2, -0.15) is 0 Å². The third kappa shape index (κ3) is 4.15. The fraction of sp³-hybridized carbons (Fsp3) is 0.316. The molecule has 0 bridgehead atoms. The molecule has 1 aromatic carbocycles. The van der Waals surface area contributed by atoms with Crippen molar-refractivity contribution in [2.45, 2.75) is 19.9 Å². The highest BCUT2D eigenvalue weighted by molar-refractivity contribution is 5.91. The number of nitrogens with zero attached hydrogens (tertiary/aromatic N) is 6. The number of benzene rings is 1. The molecule has 0 aliphatic heterocycles. The van der Waals surface area contributed by atoms with E-state index in [9.17, 15) is 4.79 Å². The molecule has 0 radical (unpaired) electrons. The summed E-state index contributed by atoms with van der Waals surface area (Å²) < 4.78 is 6.85. The number of nitrogens with one attached hydrogen (secondary N) is 1. The molecule has 0 aliphatic rings. The van der Waals surface area contributed by atoms with Crippen molar-refractivity contribution < 1.29 is 9.53 Å². The van der Waals surface area contributed by atoms with Gasteiger partial charge in [-0.15, -0.1) is 5.10 Å². The van der Waals surface area contributed by atoms with Crippen molar-refractivity contribution in [3.05, 3.63) is 59.7 Å². The van der Waals surface area contributed by atoms with Gasteiger partial charge in [-0.3, -0.25) is 4.98 Å². The summed E-state index contributed by atoms with van der Waals surface area (Å²) in [5, 5.41) is 14.2. The summed E-state index contributed by atoms with van der Waals surface area (Å²) >= 11 is 0. The number of hydrogen-bond acceptors (Lipinski definition) is 6. The van der Waals surface area contributed by atoms with Gasteiger partial charge in [0, 0.05) is 26.0 Å². The van der Waals surface area contributed by atoms with Crippen molar-refractivity contribution in [2.75, 3.05) is 26.1 Å². The Morgan fingerprint density at radius 2 is 2.14 bits per heavy atom. The van der Waals surface area contributed by atoms with Gasteiger partial charge in [-0.1, -0.05) is 6.07 Å². The van der Waals surface area contributed by atoms with Crippen LogP contribution >= 0.6 is 0 Å². The van der Waals surface area contributed by atoms with Crippen LogP contribution < -0.4 is 5.32 Å². The fourth-order valence-corrected chi connectivity index (χ4v) is 2.85. The molecule has 2 heterocycles. The summed E-state index contributed by atoms with van der Waals surface area (Å²) in [5.41, 5.74) is 4.21. The first-order valence-electron chi connectivity index (χ1n) is 8.79. The minimum Gasteiger partial charge on any atom is -0.382 e. The van der Waals surface area contributed by atoms with Crippen LogP contribution in [0, 0.1) is 13.8 Å². The molecule has 1 atom stereocenters. The number of aromatic nitrogens is 5. The number of urea groups is 1. The normalized spacial score (nSPS) is 11.9. The Labute approximate surface area is 163 Å². The van der Waals surface area contributed by atoms with Crippen LogP contribution in [0.5, 0.6) is 0 Å². The molecule has 3 aromatic rings. The van der Waals surface area contributed by atoms with Gasteiger partial charge in [0.05, 0.1) is 24.0 Å². The van der Waals surface area contributed by atoms with Crippen LogP contribution in [0.1, 0.15) is 22.9 Å². The van der Waals surface area contributed by atoms with Crippen molar-refractivity contribution in [1.29, 1.82) is 0 Å². The lowest BCUT2D eigenvalue weighted by Gasteiger charge is -2.28. The lowest BCUT2D eigenvalue weighted by atomic mass is 10.1. The number of ether oxygens (including phenoxy) is 1. The van der Waals surface area contributed by atoms with Crippen molar-refractivity contribution >= 4 is 11.7 Å². The van der Waals surface area contributed by atoms with Gasteiger partial charge in [0.15, 0.2) is 0 Å². The van der Waals surface area contributed by atoms with Crippen LogP contribution in [-0.2, 0) is 4.74 Å². The lowest BCUT2D eigenvalue weighted by molar-refractivity contribution is 0.119. The minimum absolute atomic E-state index is 0.260. The van der Waals surface area contributed by atoms with E-state index in [0.717, 1.165) is 22.5 Å². The number of carbonyl (C=O) groups excluding carboxylic acids is 1. The monoisotopic (exact) mass is 381 g/mol. The second kappa shape index (κ2) is 8.57. The number of amides is 2. The Kier molecular flexibility index (Phi) is 5.95. The maximum absolute atomic E-state index is 12.9. The Morgan fingerprint density at radius 1 is 1.32 bits per heavy atom. The quantitative estimate of drug-likeness (QED) is 0.705. The molecule has 9 nitrogen and oxygen atoms in total. The molecule has 146 valence electrons. The third-order valence-corrected chi connectivity index (χ3v) is 4.65. The zero-order valence-corrected chi connectivity index (χ0v) is 16.3. The van der Waals surface area contributed by atoms with E-state index in [1.54, 1.807) is 29.9 Å². The van der Waals surface area contributed by atoms with Crippen molar-refractivity contribution in [1.82, 2.24) is 30.1 Å². The van der Waals surface area contributed by atoms with E-state index in [0.29, 0.717) is 12.3 Å². The van der Waals surface area contributed by atoms with Crippen LogP contribution in [0.2, 0.25) is 0 Å². The number of aryl methyl sites for hydroxylation is 1. The first kappa shape index (κ1) is 19.4. The maximum atomic E-state index is 12.9. The number of likely N-dealkylation sites (N-methyl/N-ethyl adjacent to an activating group) is 1. The Bertz CT molecular complexity index is 929. The molecule has 1 N–H and O–H groups in total. The predicted octanol–water partition coefficient (Wildman–Crippen LogP) is 2.53. The average Bonchev–Trinajstić information content (AvgIpc) is 3.24. The maximum Gasteiger partial charge on any atom is 0.322 e. The first-order chi connectivity index (χ1) is 13.5. The lowest BCUT2D eigenvalue weighted by Crippen LogP contribution is -2.37. The summed E-state index contributed by atoms with van der Waals surface area (Å²) in [6.45, 7) is 4.27. The molecule has 0 fully saturated rings. The minimum atomic E-state index is -0.310. The number of anilines is 1. The molecule has 1 unspecified atom stereocenters. The highest BCUT2D eigenvalue weighted by atomic mass is 16.5. The Balaban J connectivity index is 1.85. The van der Waals surface area contributed by atoms with E-state index < -0.39 is 0 Å². The summed E-state index contributed by atoms with van der Waals surface area (Å²) in [6, 6.07) is 8.84. The number of methoxy groups -OCH3 is 1. The predicted molar refractivity (Wildman–Crippen MR) is 104 cm³/mol. The largest absolute Gasteiger partial charge is 0.382 e. The highest BCUT2D eigenvalue weighted by Gasteiger charge is 2.23. The summed E-state index contributed by atoms with van der Waals surface area (Å²) in [4.78, 5) is 18.9. The van der Waals surface area contributed by atoms with Gasteiger partial charge >= 0.3 is 6.03 Å². The molecule has 0 spiro atoms. The van der Waals surface area contributed by atoms with E-state index in [1.807, 2.05) is 44.2 Å². The van der Waals surface area contributed by atoms with Gasteiger partial charge in [-0.05, 0) is 59.7 Å². The number of carbonyl (C=O) groups is 1. The smallest absolute Gasteiger partial charge is 0.322 e. The zero-order valence-electron chi connectivity index (χ0n) is 16.3. The molecule has 2 aromatic heterocycles. The number of pyridine rings is 1. The van der Waals surface area contributed by atoms with Crippen molar-refractivity contribution in [3.8, 4) is 5.69 Å². The summed E-state index contributed by atoms with van der Waals surface area (Å²) in [5.74, 6) is 0. The number of tetrazole rings is 1. The van der Waals surface area contributed by atoms with Crippen LogP contribution in [0.3, 0.4) is 0 Å². The van der Waals surface area contributed by atoms with Gasteiger partial charge in [0.2, 0.25) is 0 Å². The second-order valence-electron chi connectivity index (χ2n) is 6.46. The highest BCUT2D eigenvalue weighted by Crippen LogP contribution is 2.25. The van der Waals surface area contributed by atoms with Crippen LogP contribution in [0.25, 0.3) is 5.69 Å². The van der Waals surface area contributed by atoms with E-state index in [-0.39, 0.29) is 12.1 Å². The van der Waals surface area contributed by atoms with Crippen molar-refractivity contribution in [2.24, 2.45) is 0 Å². The van der Waals surface area contributed by atoms with E-state index in [2.05, 4.69) is 25.8 Å². The van der Waals surface area contributed by atoms with Gasteiger partial charge in [0.25, 0.3) is 0 Å². The Hall–Kier alpha value is -3.33. The molecular weight excluding hydrogens is 358 g/mol. The van der Waals surface area contributed by atoms with Gasteiger partial charge < -0.3 is 15.0 Å². The van der Waals surface area contributed by atoms with Crippen LogP contribution in [0.15, 0.2) is 42.9 Å². The van der Waals surface area contributed by atoms with E-state index in [4.69, 9.17) is 4.74 Å². The fourth-order valence-electron chi connectivity index (χ4n) is 2.85. The molecule has 0 saturated carbocycles. The first-order valence-corrected chi connectivity index (χ1v) is 8.79. The molecule has 2 amide bonds. The SMILES string of the molecule is COCC(c1ccccn1)N(C)C(=O)Nc1cc(-n2cnnn2)cc(C)c1C. The average molecular weight is 381 g/mol.